The quantitative estimate of drug-likeness (QED) is 0.767. The lowest BCUT2D eigenvalue weighted by Gasteiger charge is -2.17. The number of aromatic nitrogens is 1. The molecule has 136 valence electrons. The lowest BCUT2D eigenvalue weighted by molar-refractivity contribution is -0.125. The van der Waals surface area contributed by atoms with Gasteiger partial charge in [-0.15, -0.1) is 11.3 Å². The van der Waals surface area contributed by atoms with Gasteiger partial charge >= 0.3 is 5.97 Å². The van der Waals surface area contributed by atoms with Gasteiger partial charge in [0.2, 0.25) is 0 Å². The van der Waals surface area contributed by atoms with Crippen LogP contribution in [0.5, 0.6) is 0 Å². The molecular formula is C19H26N2O3S. The number of hydrogen-bond acceptors (Lipinski definition) is 4. The summed E-state index contributed by atoms with van der Waals surface area (Å²) in [5, 5.41) is 4.86. The van der Waals surface area contributed by atoms with E-state index in [1.54, 1.807) is 11.3 Å². The van der Waals surface area contributed by atoms with Crippen molar-refractivity contribution in [3.63, 3.8) is 0 Å². The van der Waals surface area contributed by atoms with Crippen molar-refractivity contribution in [3.8, 4) is 0 Å². The monoisotopic (exact) mass is 362 g/mol. The summed E-state index contributed by atoms with van der Waals surface area (Å²) in [4.78, 5) is 25.4. The van der Waals surface area contributed by atoms with Crippen LogP contribution in [0.4, 0.5) is 0 Å². The minimum atomic E-state index is -0.460. The van der Waals surface area contributed by atoms with Gasteiger partial charge < -0.3 is 14.6 Å². The molecule has 0 fully saturated rings. The zero-order valence-corrected chi connectivity index (χ0v) is 16.3. The van der Waals surface area contributed by atoms with Crippen molar-refractivity contribution in [1.82, 2.24) is 9.88 Å². The van der Waals surface area contributed by atoms with E-state index in [9.17, 15) is 9.59 Å². The molecule has 0 saturated heterocycles. The summed E-state index contributed by atoms with van der Waals surface area (Å²) in [6, 6.07) is 5.95. The molecule has 5 nitrogen and oxygen atoms in total. The summed E-state index contributed by atoms with van der Waals surface area (Å²) in [6.07, 6.45) is 0. The molecule has 0 aliphatic rings. The maximum Gasteiger partial charge on any atom is 0.340 e. The van der Waals surface area contributed by atoms with E-state index in [1.807, 2.05) is 52.1 Å². The average molecular weight is 362 g/mol. The Morgan fingerprint density at radius 3 is 2.60 bits per heavy atom. The molecule has 25 heavy (non-hydrogen) atoms. The Labute approximate surface area is 153 Å². The lowest BCUT2D eigenvalue weighted by Crippen LogP contribution is -2.38. The van der Waals surface area contributed by atoms with Crippen LogP contribution in [0.1, 0.15) is 47.4 Å². The number of aryl methyl sites for hydroxylation is 1. The Morgan fingerprint density at radius 2 is 2.00 bits per heavy atom. The zero-order chi connectivity index (χ0) is 18.6. The standard InChI is InChI=1S/C19H26N2O3S/c1-12(2)14(4)20-18(22)11-24-19(23)17-9-13(3)21(15(17)5)10-16-7-6-8-25-16/h6-9,12,14H,10-11H2,1-5H3,(H,20,22)/t14-/m1/s1. The first-order valence-electron chi connectivity index (χ1n) is 8.45. The molecule has 1 atom stereocenters. The number of hydrogen-bond donors (Lipinski definition) is 1. The number of nitrogens with one attached hydrogen (secondary N) is 1. The highest BCUT2D eigenvalue weighted by Crippen LogP contribution is 2.20. The molecule has 2 heterocycles. The topological polar surface area (TPSA) is 60.3 Å². The fourth-order valence-corrected chi connectivity index (χ4v) is 3.17. The number of carbonyl (C=O) groups is 2. The number of thiophene rings is 1. The van der Waals surface area contributed by atoms with Crippen LogP contribution >= 0.6 is 11.3 Å². The van der Waals surface area contributed by atoms with Crippen molar-refractivity contribution in [1.29, 1.82) is 0 Å². The summed E-state index contributed by atoms with van der Waals surface area (Å²) in [5.74, 6) is -0.407. The summed E-state index contributed by atoms with van der Waals surface area (Å²) < 4.78 is 7.28. The van der Waals surface area contributed by atoms with E-state index in [4.69, 9.17) is 4.74 Å². The minimum Gasteiger partial charge on any atom is -0.452 e. The number of esters is 1. The maximum atomic E-state index is 12.3. The molecule has 0 aromatic carbocycles. The highest BCUT2D eigenvalue weighted by atomic mass is 32.1. The van der Waals surface area contributed by atoms with Crippen LogP contribution in [0.3, 0.4) is 0 Å². The minimum absolute atomic E-state index is 0.0436. The number of ether oxygens (including phenoxy) is 1. The summed E-state index contributed by atoms with van der Waals surface area (Å²) in [5.41, 5.74) is 2.36. The van der Waals surface area contributed by atoms with E-state index < -0.39 is 5.97 Å². The number of carbonyl (C=O) groups excluding carboxylic acids is 2. The van der Waals surface area contributed by atoms with Crippen molar-refractivity contribution in [3.05, 3.63) is 45.4 Å². The highest BCUT2D eigenvalue weighted by molar-refractivity contribution is 7.09. The van der Waals surface area contributed by atoms with Gasteiger partial charge in [0.05, 0.1) is 12.1 Å². The highest BCUT2D eigenvalue weighted by Gasteiger charge is 2.19. The molecule has 0 unspecified atom stereocenters. The molecule has 2 aromatic heterocycles. The van der Waals surface area contributed by atoms with Crippen molar-refractivity contribution in [2.75, 3.05) is 6.61 Å². The molecule has 1 amide bonds. The first-order chi connectivity index (χ1) is 11.8. The second-order valence-corrected chi connectivity index (χ2v) is 7.66. The van der Waals surface area contributed by atoms with Gasteiger partial charge in [0.1, 0.15) is 0 Å². The Balaban J connectivity index is 1.99. The van der Waals surface area contributed by atoms with Gasteiger partial charge in [-0.2, -0.15) is 0 Å². The van der Waals surface area contributed by atoms with E-state index in [0.29, 0.717) is 11.5 Å². The zero-order valence-electron chi connectivity index (χ0n) is 15.5. The van der Waals surface area contributed by atoms with Crippen molar-refractivity contribution < 1.29 is 14.3 Å². The molecule has 0 radical (unpaired) electrons. The van der Waals surface area contributed by atoms with Crippen LogP contribution in [0.2, 0.25) is 0 Å². The van der Waals surface area contributed by atoms with E-state index in [2.05, 4.69) is 16.0 Å². The average Bonchev–Trinajstić information content (AvgIpc) is 3.16. The van der Waals surface area contributed by atoms with E-state index in [-0.39, 0.29) is 18.6 Å². The molecule has 0 bridgehead atoms. The van der Waals surface area contributed by atoms with Crippen LogP contribution in [-0.2, 0) is 16.1 Å². The predicted octanol–water partition coefficient (Wildman–Crippen LogP) is 3.53. The smallest absolute Gasteiger partial charge is 0.340 e. The summed E-state index contributed by atoms with van der Waals surface area (Å²) >= 11 is 1.68. The fraction of sp³-hybridized carbons (Fsp3) is 0.474. The Hall–Kier alpha value is -2.08. The van der Waals surface area contributed by atoms with Gasteiger partial charge in [-0.25, -0.2) is 4.79 Å². The van der Waals surface area contributed by atoms with Crippen molar-refractivity contribution >= 4 is 23.2 Å². The molecule has 1 N–H and O–H groups in total. The first-order valence-corrected chi connectivity index (χ1v) is 9.33. The Kier molecular flexibility index (Phi) is 6.42. The van der Waals surface area contributed by atoms with Crippen LogP contribution in [-0.4, -0.2) is 29.1 Å². The molecule has 0 saturated carbocycles. The molecule has 6 heteroatoms. The molecule has 0 spiro atoms. The Bertz CT molecular complexity index is 732. The van der Waals surface area contributed by atoms with Crippen LogP contribution in [0, 0.1) is 19.8 Å². The number of nitrogens with zero attached hydrogens (tertiary/aromatic N) is 1. The van der Waals surface area contributed by atoms with Gasteiger partial charge in [-0.3, -0.25) is 4.79 Å². The van der Waals surface area contributed by atoms with Gasteiger partial charge in [0.25, 0.3) is 5.91 Å². The maximum absolute atomic E-state index is 12.3. The van der Waals surface area contributed by atoms with Gasteiger partial charge in [0, 0.05) is 22.3 Å². The van der Waals surface area contributed by atoms with Crippen molar-refractivity contribution in [2.45, 2.75) is 47.2 Å². The molecular weight excluding hydrogens is 336 g/mol. The summed E-state index contributed by atoms with van der Waals surface area (Å²) in [7, 11) is 0. The Morgan fingerprint density at radius 1 is 1.28 bits per heavy atom. The SMILES string of the molecule is Cc1cc(C(=O)OCC(=O)N[C@H](C)C(C)C)c(C)n1Cc1cccs1. The normalized spacial score (nSPS) is 12.2. The van der Waals surface area contributed by atoms with Gasteiger partial charge in [0.15, 0.2) is 6.61 Å². The number of amides is 1. The predicted molar refractivity (Wildman–Crippen MR) is 100 cm³/mol. The molecule has 2 rings (SSSR count). The third-order valence-corrected chi connectivity index (χ3v) is 5.27. The van der Waals surface area contributed by atoms with Crippen LogP contribution in [0.25, 0.3) is 0 Å². The third kappa shape index (κ3) is 4.95. The van der Waals surface area contributed by atoms with E-state index in [0.717, 1.165) is 17.9 Å². The second-order valence-electron chi connectivity index (χ2n) is 6.63. The van der Waals surface area contributed by atoms with E-state index in [1.165, 1.54) is 4.88 Å². The molecule has 0 aliphatic carbocycles. The molecule has 0 aliphatic heterocycles. The van der Waals surface area contributed by atoms with E-state index >= 15 is 0 Å². The lowest BCUT2D eigenvalue weighted by atomic mass is 10.1. The van der Waals surface area contributed by atoms with Gasteiger partial charge in [-0.05, 0) is 44.2 Å². The molecule has 2 aromatic rings. The second kappa shape index (κ2) is 8.34. The summed E-state index contributed by atoms with van der Waals surface area (Å²) in [6.45, 7) is 10.3. The van der Waals surface area contributed by atoms with Gasteiger partial charge in [-0.1, -0.05) is 19.9 Å². The third-order valence-electron chi connectivity index (χ3n) is 4.41. The van der Waals surface area contributed by atoms with Crippen LogP contribution < -0.4 is 5.32 Å². The van der Waals surface area contributed by atoms with Crippen molar-refractivity contribution in [2.24, 2.45) is 5.92 Å². The van der Waals surface area contributed by atoms with Crippen LogP contribution in [0.15, 0.2) is 23.6 Å². The largest absolute Gasteiger partial charge is 0.452 e. The number of rotatable bonds is 7. The fourth-order valence-electron chi connectivity index (χ4n) is 2.48. The first kappa shape index (κ1) is 19.2.